The maximum atomic E-state index is 13.5. The second-order valence-electron chi connectivity index (χ2n) is 10.7. The fraction of sp³-hybridized carbons (Fsp3) is 0.235. The fourth-order valence-corrected chi connectivity index (χ4v) is 5.72. The van der Waals surface area contributed by atoms with Crippen LogP contribution in [0.25, 0.3) is 0 Å². The van der Waals surface area contributed by atoms with Gasteiger partial charge < -0.3 is 15.5 Å². The summed E-state index contributed by atoms with van der Waals surface area (Å²) < 4.78 is 0. The Labute approximate surface area is 255 Å². The lowest BCUT2D eigenvalue weighted by molar-refractivity contribution is -0.384. The molecule has 1 saturated heterocycles. The Morgan fingerprint density at radius 1 is 0.837 bits per heavy atom. The van der Waals surface area contributed by atoms with Crippen molar-refractivity contribution in [1.29, 1.82) is 0 Å². The topological polar surface area (TPSA) is 105 Å². The van der Waals surface area contributed by atoms with Gasteiger partial charge >= 0.3 is 0 Å². The van der Waals surface area contributed by atoms with E-state index in [0.717, 1.165) is 49.7 Å². The Kier molecular flexibility index (Phi) is 9.69. The zero-order chi connectivity index (χ0) is 30.2. The van der Waals surface area contributed by atoms with Crippen LogP contribution in [-0.2, 0) is 12.8 Å². The molecule has 8 nitrogen and oxygen atoms in total. The number of nitrogens with one attached hydrogen (secondary N) is 2. The van der Waals surface area contributed by atoms with E-state index in [0.29, 0.717) is 30.1 Å². The van der Waals surface area contributed by atoms with Crippen molar-refractivity contribution in [2.75, 3.05) is 29.9 Å². The van der Waals surface area contributed by atoms with Crippen molar-refractivity contribution in [3.05, 3.63) is 134 Å². The van der Waals surface area contributed by atoms with Gasteiger partial charge in [0.15, 0.2) is 0 Å². The molecule has 0 spiro atoms. The van der Waals surface area contributed by atoms with Crippen LogP contribution in [0.15, 0.2) is 97.1 Å². The lowest BCUT2D eigenvalue weighted by Crippen LogP contribution is -2.36. The molecule has 0 unspecified atom stereocenters. The molecule has 0 atom stereocenters. The van der Waals surface area contributed by atoms with Crippen LogP contribution in [0.1, 0.15) is 44.7 Å². The number of non-ortho nitro benzene ring substituents is 1. The summed E-state index contributed by atoms with van der Waals surface area (Å²) in [6, 6.07) is 29.5. The minimum atomic E-state index is -0.570. The van der Waals surface area contributed by atoms with E-state index >= 15 is 0 Å². The van der Waals surface area contributed by atoms with E-state index in [-0.39, 0.29) is 22.2 Å². The minimum absolute atomic E-state index is 0.0272. The zero-order valence-electron chi connectivity index (χ0n) is 23.7. The molecule has 2 amide bonds. The molecule has 0 saturated carbocycles. The predicted molar refractivity (Wildman–Crippen MR) is 170 cm³/mol. The molecule has 9 heteroatoms. The summed E-state index contributed by atoms with van der Waals surface area (Å²) in [5.41, 5.74) is 4.09. The van der Waals surface area contributed by atoms with Gasteiger partial charge in [0.2, 0.25) is 0 Å². The Morgan fingerprint density at radius 2 is 1.51 bits per heavy atom. The number of carbonyl (C=O) groups is 2. The van der Waals surface area contributed by atoms with Gasteiger partial charge in [0.1, 0.15) is 0 Å². The highest BCUT2D eigenvalue weighted by Crippen LogP contribution is 2.31. The smallest absolute Gasteiger partial charge is 0.270 e. The standard InChI is InChI=1S/C34H33ClN4O4/c35-31-23-28(39(42)43)12-13-29(31)34(41)37-27-11-14-32(30(22-27)33(40)36-18-15-24-7-3-1-4-8-24)38-19-16-26(17-20-38)21-25-9-5-2-6-10-25/h1-14,22-23,26H,15-21H2,(H,36,40)(H,37,41). The molecule has 1 heterocycles. The maximum Gasteiger partial charge on any atom is 0.270 e. The molecule has 0 radical (unpaired) electrons. The molecule has 4 aromatic rings. The molecule has 220 valence electrons. The highest BCUT2D eigenvalue weighted by Gasteiger charge is 2.24. The summed E-state index contributed by atoms with van der Waals surface area (Å²) in [7, 11) is 0. The van der Waals surface area contributed by atoms with Gasteiger partial charge in [0.25, 0.3) is 17.5 Å². The molecule has 1 aliphatic heterocycles. The molecule has 43 heavy (non-hydrogen) atoms. The SMILES string of the molecule is O=C(Nc1ccc(N2CCC(Cc3ccccc3)CC2)c(C(=O)NCCc2ccccc2)c1)c1ccc([N+](=O)[O-])cc1Cl. The Morgan fingerprint density at radius 3 is 2.16 bits per heavy atom. The van der Waals surface area contributed by atoms with Gasteiger partial charge in [-0.25, -0.2) is 0 Å². The lowest BCUT2D eigenvalue weighted by atomic mass is 9.89. The van der Waals surface area contributed by atoms with Gasteiger partial charge in [-0.2, -0.15) is 0 Å². The first-order valence-corrected chi connectivity index (χ1v) is 14.8. The number of anilines is 2. The van der Waals surface area contributed by atoms with E-state index in [9.17, 15) is 19.7 Å². The molecule has 4 aromatic carbocycles. The quantitative estimate of drug-likeness (QED) is 0.153. The second kappa shape index (κ2) is 14.0. The number of rotatable bonds is 10. The number of benzene rings is 4. The number of hydrogen-bond donors (Lipinski definition) is 2. The predicted octanol–water partition coefficient (Wildman–Crippen LogP) is 6.93. The van der Waals surface area contributed by atoms with Crippen molar-refractivity contribution in [2.45, 2.75) is 25.7 Å². The summed E-state index contributed by atoms with van der Waals surface area (Å²) in [4.78, 5) is 39.3. The summed E-state index contributed by atoms with van der Waals surface area (Å²) in [6.45, 7) is 2.12. The van der Waals surface area contributed by atoms with Gasteiger partial charge in [0, 0.05) is 43.1 Å². The van der Waals surface area contributed by atoms with Crippen LogP contribution in [0.5, 0.6) is 0 Å². The van der Waals surface area contributed by atoms with E-state index < -0.39 is 10.8 Å². The van der Waals surface area contributed by atoms with E-state index in [1.807, 2.05) is 42.5 Å². The monoisotopic (exact) mass is 596 g/mol. The van der Waals surface area contributed by atoms with Gasteiger partial charge in [0.05, 0.1) is 21.1 Å². The van der Waals surface area contributed by atoms with Crippen LogP contribution in [0.3, 0.4) is 0 Å². The fourth-order valence-electron chi connectivity index (χ4n) is 5.46. The highest BCUT2D eigenvalue weighted by atomic mass is 35.5. The number of hydrogen-bond acceptors (Lipinski definition) is 5. The number of halogens is 1. The lowest BCUT2D eigenvalue weighted by Gasteiger charge is -2.35. The van der Waals surface area contributed by atoms with Crippen molar-refractivity contribution < 1.29 is 14.5 Å². The first kappa shape index (κ1) is 29.8. The van der Waals surface area contributed by atoms with Crippen LogP contribution < -0.4 is 15.5 Å². The van der Waals surface area contributed by atoms with E-state index in [1.165, 1.54) is 17.7 Å². The molecule has 1 aliphatic rings. The molecule has 0 aromatic heterocycles. The van der Waals surface area contributed by atoms with Crippen molar-refractivity contribution in [3.8, 4) is 0 Å². The van der Waals surface area contributed by atoms with Crippen molar-refractivity contribution in [2.24, 2.45) is 5.92 Å². The molecule has 0 aliphatic carbocycles. The van der Waals surface area contributed by atoms with E-state index in [1.54, 1.807) is 12.1 Å². The number of carbonyl (C=O) groups excluding carboxylic acids is 2. The Hall–Kier alpha value is -4.69. The number of nitro benzene ring substituents is 1. The minimum Gasteiger partial charge on any atom is -0.371 e. The maximum absolute atomic E-state index is 13.5. The van der Waals surface area contributed by atoms with Gasteiger partial charge in [-0.15, -0.1) is 0 Å². The molecule has 1 fully saturated rings. The van der Waals surface area contributed by atoms with Gasteiger partial charge in [-0.1, -0.05) is 72.3 Å². The third-order valence-corrected chi connectivity index (χ3v) is 8.08. The molecule has 2 N–H and O–H groups in total. The largest absolute Gasteiger partial charge is 0.371 e. The second-order valence-corrected chi connectivity index (χ2v) is 11.1. The van der Waals surface area contributed by atoms with E-state index in [2.05, 4.69) is 39.8 Å². The van der Waals surface area contributed by atoms with Crippen LogP contribution in [-0.4, -0.2) is 36.4 Å². The van der Waals surface area contributed by atoms with Crippen molar-refractivity contribution >= 4 is 40.5 Å². The van der Waals surface area contributed by atoms with Crippen LogP contribution >= 0.6 is 11.6 Å². The van der Waals surface area contributed by atoms with Crippen molar-refractivity contribution in [3.63, 3.8) is 0 Å². The highest BCUT2D eigenvalue weighted by molar-refractivity contribution is 6.34. The molecule has 5 rings (SSSR count). The molecular weight excluding hydrogens is 564 g/mol. The van der Waals surface area contributed by atoms with Crippen LogP contribution in [0.4, 0.5) is 17.1 Å². The van der Waals surface area contributed by atoms with Crippen LogP contribution in [0.2, 0.25) is 5.02 Å². The Balaban J connectivity index is 1.32. The van der Waals surface area contributed by atoms with Gasteiger partial charge in [-0.3, -0.25) is 19.7 Å². The summed E-state index contributed by atoms with van der Waals surface area (Å²) in [5.74, 6) is -0.168. The number of nitrogens with zero attached hydrogens (tertiary/aromatic N) is 2. The summed E-state index contributed by atoms with van der Waals surface area (Å²) in [6.07, 6.45) is 3.77. The first-order valence-electron chi connectivity index (χ1n) is 14.4. The van der Waals surface area contributed by atoms with Gasteiger partial charge in [-0.05, 0) is 67.0 Å². The third kappa shape index (κ3) is 7.78. The first-order chi connectivity index (χ1) is 20.9. The number of piperidine rings is 1. The Bertz CT molecular complexity index is 1590. The third-order valence-electron chi connectivity index (χ3n) is 7.77. The average molecular weight is 597 g/mol. The molecular formula is C34H33ClN4O4. The van der Waals surface area contributed by atoms with Crippen LogP contribution in [0, 0.1) is 16.0 Å². The molecule has 0 bridgehead atoms. The summed E-state index contributed by atoms with van der Waals surface area (Å²) in [5, 5.41) is 16.9. The normalized spacial score (nSPS) is 13.4. The zero-order valence-corrected chi connectivity index (χ0v) is 24.4. The number of nitro groups is 1. The average Bonchev–Trinajstić information content (AvgIpc) is 3.02. The summed E-state index contributed by atoms with van der Waals surface area (Å²) >= 11 is 6.18. The van der Waals surface area contributed by atoms with Crippen molar-refractivity contribution in [1.82, 2.24) is 5.32 Å². The van der Waals surface area contributed by atoms with E-state index in [4.69, 9.17) is 11.6 Å². The number of amides is 2.